The van der Waals surface area contributed by atoms with Crippen molar-refractivity contribution in [2.24, 2.45) is 5.73 Å². The fourth-order valence-electron chi connectivity index (χ4n) is 3.06. The number of methoxy groups -OCH3 is 1. The lowest BCUT2D eigenvalue weighted by Crippen LogP contribution is -2.35. The Morgan fingerprint density at radius 2 is 1.83 bits per heavy atom. The number of anilines is 1. The molecule has 3 rings (SSSR count). The summed E-state index contributed by atoms with van der Waals surface area (Å²) in [7, 11) is 1.25. The zero-order chi connectivity index (χ0) is 17.3. The van der Waals surface area contributed by atoms with Gasteiger partial charge in [-0.15, -0.1) is 0 Å². The Hall–Kier alpha value is -2.66. The van der Waals surface area contributed by atoms with Crippen LogP contribution in [0.2, 0.25) is 0 Å². The highest BCUT2D eigenvalue weighted by atomic mass is 16.5. The van der Waals surface area contributed by atoms with Crippen LogP contribution < -0.4 is 11.1 Å². The van der Waals surface area contributed by atoms with Gasteiger partial charge in [-0.05, 0) is 47.7 Å². The molecule has 0 aliphatic heterocycles. The van der Waals surface area contributed by atoms with Gasteiger partial charge in [-0.25, -0.2) is 0 Å². The van der Waals surface area contributed by atoms with E-state index in [-0.39, 0.29) is 12.3 Å². The lowest BCUT2D eigenvalue weighted by atomic mass is 10.0. The maximum atomic E-state index is 12.0. The fourth-order valence-corrected chi connectivity index (χ4v) is 3.06. The minimum atomic E-state index is -0.948. The predicted molar refractivity (Wildman–Crippen MR) is 92.7 cm³/mol. The van der Waals surface area contributed by atoms with E-state index in [1.165, 1.54) is 34.9 Å². The summed E-state index contributed by atoms with van der Waals surface area (Å²) in [6.45, 7) is 2.08. The Labute approximate surface area is 140 Å². The van der Waals surface area contributed by atoms with E-state index in [2.05, 4.69) is 35.2 Å². The predicted octanol–water partition coefficient (Wildman–Crippen LogP) is 2.40. The van der Waals surface area contributed by atoms with Crippen molar-refractivity contribution in [3.05, 3.63) is 53.1 Å². The number of fused-ring (bicyclic) bond motifs is 3. The summed E-state index contributed by atoms with van der Waals surface area (Å²) in [5, 5.41) is 2.79. The molecule has 2 aromatic carbocycles. The van der Waals surface area contributed by atoms with Crippen LogP contribution in [0, 0.1) is 6.92 Å². The minimum Gasteiger partial charge on any atom is -0.468 e. The van der Waals surface area contributed by atoms with E-state index < -0.39 is 12.0 Å². The maximum Gasteiger partial charge on any atom is 0.323 e. The van der Waals surface area contributed by atoms with Crippen molar-refractivity contribution in [2.45, 2.75) is 25.8 Å². The van der Waals surface area contributed by atoms with Gasteiger partial charge in [0.25, 0.3) is 0 Å². The second-order valence-electron chi connectivity index (χ2n) is 6.09. The molecule has 1 aliphatic rings. The molecule has 2 aromatic rings. The first kappa shape index (κ1) is 16.2. The third kappa shape index (κ3) is 3.16. The number of rotatable bonds is 4. The molecule has 0 saturated carbocycles. The number of esters is 1. The molecule has 0 spiro atoms. The average Bonchev–Trinajstić information content (AvgIpc) is 2.90. The number of nitrogens with one attached hydrogen (secondary N) is 1. The van der Waals surface area contributed by atoms with Crippen LogP contribution in [0.25, 0.3) is 11.1 Å². The molecule has 124 valence electrons. The number of hydrogen-bond acceptors (Lipinski definition) is 4. The zero-order valence-corrected chi connectivity index (χ0v) is 13.8. The number of ether oxygens (including phenoxy) is 1. The van der Waals surface area contributed by atoms with Gasteiger partial charge in [0.2, 0.25) is 5.91 Å². The normalized spacial score (nSPS) is 13.0. The van der Waals surface area contributed by atoms with Gasteiger partial charge in [-0.1, -0.05) is 29.8 Å². The molecule has 5 heteroatoms. The van der Waals surface area contributed by atoms with Gasteiger partial charge >= 0.3 is 5.97 Å². The van der Waals surface area contributed by atoms with Gasteiger partial charge < -0.3 is 15.8 Å². The van der Waals surface area contributed by atoms with Crippen LogP contribution in [-0.2, 0) is 20.7 Å². The van der Waals surface area contributed by atoms with E-state index in [1.54, 1.807) is 0 Å². The third-order valence-corrected chi connectivity index (χ3v) is 4.23. The second-order valence-corrected chi connectivity index (χ2v) is 6.09. The number of benzene rings is 2. The van der Waals surface area contributed by atoms with Crippen LogP contribution in [0.1, 0.15) is 23.1 Å². The Bertz CT molecular complexity index is 814. The van der Waals surface area contributed by atoms with Crippen LogP contribution >= 0.6 is 0 Å². The topological polar surface area (TPSA) is 81.4 Å². The fraction of sp³-hybridized carbons (Fsp3) is 0.263. The van der Waals surface area contributed by atoms with Gasteiger partial charge in [0.15, 0.2) is 0 Å². The van der Waals surface area contributed by atoms with Crippen molar-refractivity contribution in [3.63, 3.8) is 0 Å². The maximum absolute atomic E-state index is 12.0. The summed E-state index contributed by atoms with van der Waals surface area (Å²) in [6, 6.07) is 11.4. The molecule has 0 radical (unpaired) electrons. The van der Waals surface area contributed by atoms with Crippen molar-refractivity contribution in [2.75, 3.05) is 12.4 Å². The number of carbonyl (C=O) groups excluding carboxylic acids is 2. The average molecular weight is 324 g/mol. The largest absolute Gasteiger partial charge is 0.468 e. The Morgan fingerprint density at radius 3 is 2.54 bits per heavy atom. The molecule has 0 aromatic heterocycles. The molecule has 1 aliphatic carbocycles. The number of nitrogens with two attached hydrogens (primary N) is 1. The van der Waals surface area contributed by atoms with Gasteiger partial charge in [-0.2, -0.15) is 0 Å². The highest BCUT2D eigenvalue weighted by molar-refractivity contribution is 5.95. The summed E-state index contributed by atoms with van der Waals surface area (Å²) in [5.74, 6) is -0.899. The summed E-state index contributed by atoms with van der Waals surface area (Å²) in [4.78, 5) is 23.3. The summed E-state index contributed by atoms with van der Waals surface area (Å²) in [5.41, 5.74) is 12.5. The first-order valence-electron chi connectivity index (χ1n) is 7.84. The molecule has 0 unspecified atom stereocenters. The van der Waals surface area contributed by atoms with E-state index in [0.717, 1.165) is 6.42 Å². The Kier molecular flexibility index (Phi) is 4.36. The van der Waals surface area contributed by atoms with Crippen LogP contribution in [0.3, 0.4) is 0 Å². The molecule has 5 nitrogen and oxygen atoms in total. The van der Waals surface area contributed by atoms with E-state index in [1.807, 2.05) is 18.2 Å². The van der Waals surface area contributed by atoms with Crippen molar-refractivity contribution in [3.8, 4) is 11.1 Å². The molecule has 0 heterocycles. The molecule has 3 N–H and O–H groups in total. The zero-order valence-electron chi connectivity index (χ0n) is 13.8. The lowest BCUT2D eigenvalue weighted by molar-refractivity contribution is -0.143. The van der Waals surface area contributed by atoms with Gasteiger partial charge in [0.1, 0.15) is 6.04 Å². The molecule has 0 saturated heterocycles. The van der Waals surface area contributed by atoms with Crippen molar-refractivity contribution in [1.82, 2.24) is 0 Å². The van der Waals surface area contributed by atoms with Gasteiger partial charge in [0.05, 0.1) is 13.5 Å². The summed E-state index contributed by atoms with van der Waals surface area (Å²) in [6.07, 6.45) is 0.751. The van der Waals surface area contributed by atoms with Gasteiger partial charge in [-0.3, -0.25) is 9.59 Å². The van der Waals surface area contributed by atoms with Crippen LogP contribution in [0.15, 0.2) is 36.4 Å². The summed E-state index contributed by atoms with van der Waals surface area (Å²) >= 11 is 0. The van der Waals surface area contributed by atoms with E-state index >= 15 is 0 Å². The smallest absolute Gasteiger partial charge is 0.323 e. The van der Waals surface area contributed by atoms with Gasteiger partial charge in [0, 0.05) is 5.69 Å². The monoisotopic (exact) mass is 324 g/mol. The van der Waals surface area contributed by atoms with Crippen molar-refractivity contribution >= 4 is 17.6 Å². The second kappa shape index (κ2) is 6.45. The number of amides is 1. The lowest BCUT2D eigenvalue weighted by Gasteiger charge is -2.11. The molecule has 0 fully saturated rings. The first-order valence-corrected chi connectivity index (χ1v) is 7.84. The number of hydrogen-bond donors (Lipinski definition) is 2. The number of aryl methyl sites for hydroxylation is 1. The third-order valence-electron chi connectivity index (χ3n) is 4.23. The summed E-state index contributed by atoms with van der Waals surface area (Å²) < 4.78 is 4.53. The molecule has 1 atom stereocenters. The Morgan fingerprint density at radius 1 is 1.17 bits per heavy atom. The number of carbonyl (C=O) groups is 2. The van der Waals surface area contributed by atoms with Crippen LogP contribution in [0.4, 0.5) is 5.69 Å². The Balaban J connectivity index is 1.72. The highest BCUT2D eigenvalue weighted by Gasteiger charge is 2.20. The van der Waals surface area contributed by atoms with Crippen LogP contribution in [0.5, 0.6) is 0 Å². The highest BCUT2D eigenvalue weighted by Crippen LogP contribution is 2.38. The first-order chi connectivity index (χ1) is 11.5. The van der Waals surface area contributed by atoms with E-state index in [0.29, 0.717) is 5.69 Å². The minimum absolute atomic E-state index is 0.108. The SMILES string of the molecule is COC(=O)[C@@H](N)CC(=O)Nc1ccc2c(c1)Cc1cc(C)ccc1-2. The molecular formula is C19H20N2O3. The van der Waals surface area contributed by atoms with Crippen LogP contribution in [-0.4, -0.2) is 25.0 Å². The molecule has 0 bridgehead atoms. The van der Waals surface area contributed by atoms with E-state index in [9.17, 15) is 9.59 Å². The standard InChI is InChI=1S/C19H20N2O3/c1-11-3-5-15-12(7-11)8-13-9-14(4-6-16(13)15)21-18(22)10-17(20)19(23)24-2/h3-7,9,17H,8,10,20H2,1-2H3,(H,21,22)/t17-/m0/s1. The molecule has 1 amide bonds. The molecule has 24 heavy (non-hydrogen) atoms. The van der Waals surface area contributed by atoms with Crippen molar-refractivity contribution in [1.29, 1.82) is 0 Å². The molecular weight excluding hydrogens is 304 g/mol. The quantitative estimate of drug-likeness (QED) is 0.722. The van der Waals surface area contributed by atoms with E-state index in [4.69, 9.17) is 5.73 Å². The van der Waals surface area contributed by atoms with Crippen molar-refractivity contribution < 1.29 is 14.3 Å².